The largest absolute Gasteiger partial charge is 0.494 e. The van der Waals surface area contributed by atoms with Crippen LogP contribution in [0.3, 0.4) is 0 Å². The Kier molecular flexibility index (Phi) is 3.51. The van der Waals surface area contributed by atoms with Gasteiger partial charge < -0.3 is 5.11 Å². The van der Waals surface area contributed by atoms with E-state index in [9.17, 15) is 23.9 Å². The van der Waals surface area contributed by atoms with E-state index in [0.717, 1.165) is 19.6 Å². The van der Waals surface area contributed by atoms with E-state index in [4.69, 9.17) is 0 Å². The van der Waals surface area contributed by atoms with Gasteiger partial charge in [-0.3, -0.25) is 23.3 Å². The van der Waals surface area contributed by atoms with Gasteiger partial charge >= 0.3 is 5.69 Å². The summed E-state index contributed by atoms with van der Waals surface area (Å²) >= 11 is 0. The summed E-state index contributed by atoms with van der Waals surface area (Å²) in [5.41, 5.74) is -1.30. The molecule has 0 amide bonds. The van der Waals surface area contributed by atoms with Gasteiger partial charge in [0.25, 0.3) is 11.1 Å². The fraction of sp³-hybridized carbons (Fsp3) is 0.176. The van der Waals surface area contributed by atoms with Crippen LogP contribution in [-0.4, -0.2) is 28.2 Å². The Hall–Kier alpha value is -3.69. The van der Waals surface area contributed by atoms with Gasteiger partial charge in [0.15, 0.2) is 17.0 Å². The second-order valence-electron chi connectivity index (χ2n) is 6.18. The monoisotopic (exact) mass is 371 g/mol. The molecule has 1 aromatic carbocycles. The summed E-state index contributed by atoms with van der Waals surface area (Å²) in [6.07, 6.45) is 0. The number of benzene rings is 1. The molecule has 0 aliphatic rings. The maximum atomic E-state index is 13.1. The minimum atomic E-state index is -0.670. The number of aromatic hydroxyl groups is 1. The van der Waals surface area contributed by atoms with Gasteiger partial charge in [0.05, 0.1) is 12.6 Å². The van der Waals surface area contributed by atoms with Crippen molar-refractivity contribution in [1.82, 2.24) is 23.1 Å². The van der Waals surface area contributed by atoms with Gasteiger partial charge in [0, 0.05) is 14.1 Å². The number of imidazole rings is 1. The van der Waals surface area contributed by atoms with E-state index in [1.165, 1.54) is 42.9 Å². The molecule has 0 saturated carbocycles. The van der Waals surface area contributed by atoms with Crippen LogP contribution in [0, 0.1) is 5.82 Å². The molecule has 0 bridgehead atoms. The summed E-state index contributed by atoms with van der Waals surface area (Å²) in [6, 6.07) is 6.56. The Morgan fingerprint density at radius 1 is 1.07 bits per heavy atom. The smallest absolute Gasteiger partial charge is 0.332 e. The number of fused-ring (bicyclic) bond motifs is 3. The van der Waals surface area contributed by atoms with Gasteiger partial charge in [0.2, 0.25) is 5.78 Å². The predicted molar refractivity (Wildman–Crippen MR) is 94.6 cm³/mol. The lowest BCUT2D eigenvalue weighted by atomic mass is 10.2. The quantitative estimate of drug-likeness (QED) is 0.532. The third kappa shape index (κ3) is 2.37. The maximum Gasteiger partial charge on any atom is 0.332 e. The molecule has 10 heteroatoms. The summed E-state index contributed by atoms with van der Waals surface area (Å²) in [6.45, 7) is 0.0769. The van der Waals surface area contributed by atoms with E-state index >= 15 is 0 Å². The Bertz CT molecular complexity index is 1390. The first-order chi connectivity index (χ1) is 12.8. The minimum absolute atomic E-state index is 0.00220. The zero-order valence-corrected chi connectivity index (χ0v) is 14.4. The first kappa shape index (κ1) is 16.8. The van der Waals surface area contributed by atoms with E-state index in [-0.39, 0.29) is 29.4 Å². The van der Waals surface area contributed by atoms with Gasteiger partial charge in [-0.1, -0.05) is 12.1 Å². The van der Waals surface area contributed by atoms with Crippen molar-refractivity contribution in [2.75, 3.05) is 0 Å². The SMILES string of the molecule is Cn1c(=O)c2c(nc3n(Cc4ccc(F)cc4)c(O)cc(=O)n23)n(C)c1=O. The number of halogens is 1. The van der Waals surface area contributed by atoms with Crippen molar-refractivity contribution in [2.24, 2.45) is 14.1 Å². The number of nitrogens with zero attached hydrogens (tertiary/aromatic N) is 5. The predicted octanol–water partition coefficient (Wildman–Crippen LogP) is -0.0604. The maximum absolute atomic E-state index is 13.1. The summed E-state index contributed by atoms with van der Waals surface area (Å²) in [5.74, 6) is -0.773. The standard InChI is InChI=1S/C17H14FN5O4/c1-20-14-13(15(26)21(2)17(20)27)23-12(25)7-11(24)22(16(23)19-14)8-9-3-5-10(18)6-4-9/h3-7,24H,8H2,1-2H3. The van der Waals surface area contributed by atoms with Crippen LogP contribution in [0.25, 0.3) is 16.9 Å². The van der Waals surface area contributed by atoms with Crippen LogP contribution >= 0.6 is 0 Å². The van der Waals surface area contributed by atoms with Gasteiger partial charge in [-0.25, -0.2) is 13.6 Å². The minimum Gasteiger partial charge on any atom is -0.494 e. The van der Waals surface area contributed by atoms with Crippen molar-refractivity contribution in [1.29, 1.82) is 0 Å². The van der Waals surface area contributed by atoms with Crippen LogP contribution < -0.4 is 16.8 Å². The number of aromatic nitrogens is 5. The molecule has 0 radical (unpaired) electrons. The molecule has 1 N–H and O–H groups in total. The summed E-state index contributed by atoms with van der Waals surface area (Å²) in [7, 11) is 2.74. The second-order valence-corrected chi connectivity index (χ2v) is 6.18. The van der Waals surface area contributed by atoms with Crippen LogP contribution in [0.2, 0.25) is 0 Å². The van der Waals surface area contributed by atoms with Crippen molar-refractivity contribution in [3.8, 4) is 5.88 Å². The fourth-order valence-corrected chi connectivity index (χ4v) is 3.05. The third-order valence-electron chi connectivity index (χ3n) is 4.48. The molecular weight excluding hydrogens is 357 g/mol. The van der Waals surface area contributed by atoms with Gasteiger partial charge in [0.1, 0.15) is 5.82 Å². The molecule has 0 unspecified atom stereocenters. The first-order valence-corrected chi connectivity index (χ1v) is 7.95. The van der Waals surface area contributed by atoms with E-state index in [0.29, 0.717) is 5.56 Å². The van der Waals surface area contributed by atoms with E-state index in [1.54, 1.807) is 0 Å². The zero-order valence-electron chi connectivity index (χ0n) is 14.4. The topological polar surface area (TPSA) is 104 Å². The Morgan fingerprint density at radius 2 is 1.74 bits per heavy atom. The van der Waals surface area contributed by atoms with Crippen LogP contribution in [0.5, 0.6) is 5.88 Å². The third-order valence-corrected chi connectivity index (χ3v) is 4.48. The Labute approximate surface area is 149 Å². The van der Waals surface area contributed by atoms with Crippen LogP contribution in [0.15, 0.2) is 44.7 Å². The molecule has 0 spiro atoms. The fourth-order valence-electron chi connectivity index (χ4n) is 3.05. The zero-order chi connectivity index (χ0) is 19.5. The van der Waals surface area contributed by atoms with E-state index < -0.39 is 22.6 Å². The molecule has 9 nitrogen and oxygen atoms in total. The molecule has 4 rings (SSSR count). The lowest BCUT2D eigenvalue weighted by Gasteiger charge is -2.10. The number of aryl methyl sites for hydroxylation is 1. The number of hydrogen-bond acceptors (Lipinski definition) is 5. The molecular formula is C17H14FN5O4. The lowest BCUT2D eigenvalue weighted by Crippen LogP contribution is -2.37. The molecule has 4 aromatic rings. The lowest BCUT2D eigenvalue weighted by molar-refractivity contribution is 0.419. The Morgan fingerprint density at radius 3 is 2.41 bits per heavy atom. The van der Waals surface area contributed by atoms with Gasteiger partial charge in [-0.15, -0.1) is 0 Å². The molecule has 0 aliphatic heterocycles. The molecule has 3 heterocycles. The highest BCUT2D eigenvalue weighted by atomic mass is 19.1. The summed E-state index contributed by atoms with van der Waals surface area (Å²) < 4.78 is 17.5. The molecule has 138 valence electrons. The second kappa shape index (κ2) is 5.66. The average molecular weight is 371 g/mol. The van der Waals surface area contributed by atoms with E-state index in [1.807, 2.05) is 0 Å². The summed E-state index contributed by atoms with van der Waals surface area (Å²) in [4.78, 5) is 41.4. The van der Waals surface area contributed by atoms with Crippen LogP contribution in [0.4, 0.5) is 4.39 Å². The molecule has 3 aromatic heterocycles. The number of rotatable bonds is 2. The normalized spacial score (nSPS) is 11.5. The molecule has 0 atom stereocenters. The van der Waals surface area contributed by atoms with Gasteiger partial charge in [-0.05, 0) is 17.7 Å². The van der Waals surface area contributed by atoms with E-state index in [2.05, 4.69) is 4.98 Å². The molecule has 0 aliphatic carbocycles. The molecule has 0 fully saturated rings. The van der Waals surface area contributed by atoms with Gasteiger partial charge in [-0.2, -0.15) is 4.98 Å². The number of hydrogen-bond donors (Lipinski definition) is 1. The average Bonchev–Trinajstić information content (AvgIpc) is 3.04. The summed E-state index contributed by atoms with van der Waals surface area (Å²) in [5, 5.41) is 10.3. The molecule has 0 saturated heterocycles. The van der Waals surface area contributed by atoms with Crippen molar-refractivity contribution in [3.63, 3.8) is 0 Å². The van der Waals surface area contributed by atoms with Crippen LogP contribution in [-0.2, 0) is 20.6 Å². The van der Waals surface area contributed by atoms with Crippen molar-refractivity contribution < 1.29 is 9.50 Å². The first-order valence-electron chi connectivity index (χ1n) is 7.95. The van der Waals surface area contributed by atoms with Crippen molar-refractivity contribution >= 4 is 16.9 Å². The highest BCUT2D eigenvalue weighted by molar-refractivity contribution is 5.75. The highest BCUT2D eigenvalue weighted by Gasteiger charge is 2.20. The highest BCUT2D eigenvalue weighted by Crippen LogP contribution is 2.17. The van der Waals surface area contributed by atoms with Crippen molar-refractivity contribution in [2.45, 2.75) is 6.54 Å². The molecule has 27 heavy (non-hydrogen) atoms. The van der Waals surface area contributed by atoms with Crippen LogP contribution in [0.1, 0.15) is 5.56 Å². The Balaban J connectivity index is 2.12. The van der Waals surface area contributed by atoms with Crippen molar-refractivity contribution in [3.05, 3.63) is 72.9 Å².